The molecule has 1 aliphatic heterocycles. The van der Waals surface area contributed by atoms with Crippen molar-refractivity contribution in [2.75, 3.05) is 13.1 Å². The highest BCUT2D eigenvalue weighted by atomic mass is 79.9. The summed E-state index contributed by atoms with van der Waals surface area (Å²) in [5.74, 6) is 0. The third kappa shape index (κ3) is 5.78. The molecule has 24 heavy (non-hydrogen) atoms. The van der Waals surface area contributed by atoms with Crippen molar-refractivity contribution >= 4 is 22.0 Å². The van der Waals surface area contributed by atoms with Crippen molar-refractivity contribution in [1.29, 1.82) is 0 Å². The van der Waals surface area contributed by atoms with Gasteiger partial charge >= 0.3 is 6.09 Å². The van der Waals surface area contributed by atoms with Gasteiger partial charge in [0.05, 0.1) is 0 Å². The average molecular weight is 397 g/mol. The zero-order chi connectivity index (χ0) is 17.7. The Morgan fingerprint density at radius 3 is 2.83 bits per heavy atom. The zero-order valence-corrected chi connectivity index (χ0v) is 16.8. The number of likely N-dealkylation sites (tertiary alicyclic amines) is 1. The van der Waals surface area contributed by atoms with Crippen LogP contribution in [0.15, 0.2) is 22.7 Å². The number of hydrogen-bond donors (Lipinski definition) is 1. The summed E-state index contributed by atoms with van der Waals surface area (Å²) in [4.78, 5) is 14.2. The fourth-order valence-corrected chi connectivity index (χ4v) is 3.26. The van der Waals surface area contributed by atoms with Gasteiger partial charge in [-0.25, -0.2) is 4.79 Å². The highest BCUT2D eigenvalue weighted by molar-refractivity contribution is 9.10. The van der Waals surface area contributed by atoms with E-state index in [-0.39, 0.29) is 6.09 Å². The number of rotatable bonds is 5. The van der Waals surface area contributed by atoms with Crippen LogP contribution in [0.2, 0.25) is 0 Å². The minimum absolute atomic E-state index is 0.173. The number of nitrogens with zero attached hydrogens (tertiary/aromatic N) is 1. The first kappa shape index (κ1) is 19.3. The minimum Gasteiger partial charge on any atom is -0.444 e. The van der Waals surface area contributed by atoms with Gasteiger partial charge in [0.2, 0.25) is 0 Å². The number of ether oxygens (including phenoxy) is 1. The molecule has 0 aliphatic carbocycles. The van der Waals surface area contributed by atoms with Crippen molar-refractivity contribution in [3.63, 3.8) is 0 Å². The third-order valence-corrected chi connectivity index (χ3v) is 5.10. The largest absolute Gasteiger partial charge is 0.444 e. The molecule has 5 heteroatoms. The van der Waals surface area contributed by atoms with Crippen LogP contribution in [0.3, 0.4) is 0 Å². The normalized spacial score (nSPS) is 18.0. The van der Waals surface area contributed by atoms with Crippen LogP contribution in [0.4, 0.5) is 4.79 Å². The number of carbonyl (C=O) groups excluding carboxylic acids is 1. The van der Waals surface area contributed by atoms with Gasteiger partial charge in [0.1, 0.15) is 5.60 Å². The third-order valence-electron chi connectivity index (χ3n) is 4.21. The monoisotopic (exact) mass is 396 g/mol. The highest BCUT2D eigenvalue weighted by Crippen LogP contribution is 2.23. The maximum atomic E-state index is 12.3. The molecule has 0 aromatic heterocycles. The van der Waals surface area contributed by atoms with Gasteiger partial charge < -0.3 is 15.0 Å². The molecule has 2 rings (SSSR count). The summed E-state index contributed by atoms with van der Waals surface area (Å²) in [5.41, 5.74) is 2.11. The molecule has 4 nitrogen and oxygen atoms in total. The van der Waals surface area contributed by atoms with Crippen LogP contribution in [0, 0.1) is 6.92 Å². The first-order chi connectivity index (χ1) is 11.3. The van der Waals surface area contributed by atoms with Crippen molar-refractivity contribution in [3.05, 3.63) is 33.8 Å². The molecular formula is C19H29BrN2O2. The Hall–Kier alpha value is -1.07. The molecule has 1 unspecified atom stereocenters. The maximum Gasteiger partial charge on any atom is 0.410 e. The Morgan fingerprint density at radius 1 is 1.42 bits per heavy atom. The minimum atomic E-state index is -0.429. The van der Waals surface area contributed by atoms with E-state index in [1.165, 1.54) is 11.1 Å². The second-order valence-electron chi connectivity index (χ2n) is 7.52. The lowest BCUT2D eigenvalue weighted by Gasteiger charge is -2.28. The van der Waals surface area contributed by atoms with E-state index in [2.05, 4.69) is 46.4 Å². The molecule has 1 fully saturated rings. The highest BCUT2D eigenvalue weighted by Gasteiger charge is 2.31. The Balaban J connectivity index is 1.76. The molecular weight excluding hydrogens is 368 g/mol. The number of aryl methyl sites for hydroxylation is 1. The second kappa shape index (κ2) is 8.34. The molecule has 1 aliphatic rings. The van der Waals surface area contributed by atoms with Gasteiger partial charge in [0.25, 0.3) is 0 Å². The quantitative estimate of drug-likeness (QED) is 0.737. The van der Waals surface area contributed by atoms with Crippen LogP contribution < -0.4 is 5.32 Å². The van der Waals surface area contributed by atoms with Crippen molar-refractivity contribution in [3.8, 4) is 0 Å². The van der Waals surface area contributed by atoms with Gasteiger partial charge in [-0.2, -0.15) is 0 Å². The predicted octanol–water partition coefficient (Wildman–Crippen LogP) is 4.64. The molecule has 0 saturated carbocycles. The van der Waals surface area contributed by atoms with E-state index in [4.69, 9.17) is 4.74 Å². The topological polar surface area (TPSA) is 41.6 Å². The average Bonchev–Trinajstić information content (AvgIpc) is 2.94. The fraction of sp³-hybridized carbons (Fsp3) is 0.632. The molecule has 1 atom stereocenters. The lowest BCUT2D eigenvalue weighted by atomic mass is 10.1. The molecule has 1 aromatic carbocycles. The van der Waals surface area contributed by atoms with Gasteiger partial charge in [0, 0.05) is 23.6 Å². The first-order valence-electron chi connectivity index (χ1n) is 8.71. The van der Waals surface area contributed by atoms with Gasteiger partial charge in [-0.1, -0.05) is 28.1 Å². The molecule has 1 N–H and O–H groups in total. The van der Waals surface area contributed by atoms with Crippen molar-refractivity contribution in [2.24, 2.45) is 0 Å². The van der Waals surface area contributed by atoms with Crippen LogP contribution >= 0.6 is 15.9 Å². The van der Waals surface area contributed by atoms with E-state index in [1.54, 1.807) is 0 Å². The van der Waals surface area contributed by atoms with Gasteiger partial charge in [-0.15, -0.1) is 0 Å². The summed E-state index contributed by atoms with van der Waals surface area (Å²) in [6, 6.07) is 6.71. The van der Waals surface area contributed by atoms with E-state index in [9.17, 15) is 4.79 Å². The van der Waals surface area contributed by atoms with E-state index in [0.29, 0.717) is 6.04 Å². The summed E-state index contributed by atoms with van der Waals surface area (Å²) in [6.45, 7) is 10.4. The maximum absolute atomic E-state index is 12.3. The molecule has 1 heterocycles. The summed E-state index contributed by atoms with van der Waals surface area (Å²) >= 11 is 3.53. The number of hydrogen-bond acceptors (Lipinski definition) is 3. The summed E-state index contributed by atoms with van der Waals surface area (Å²) in [5, 5.41) is 3.49. The van der Waals surface area contributed by atoms with Crippen LogP contribution in [-0.2, 0) is 11.3 Å². The Morgan fingerprint density at radius 2 is 2.17 bits per heavy atom. The van der Waals surface area contributed by atoms with Crippen LogP contribution in [0.1, 0.15) is 51.2 Å². The van der Waals surface area contributed by atoms with E-state index in [1.807, 2.05) is 25.7 Å². The summed E-state index contributed by atoms with van der Waals surface area (Å²) in [6.07, 6.45) is 2.93. The number of amides is 1. The Kier molecular flexibility index (Phi) is 6.70. The second-order valence-corrected chi connectivity index (χ2v) is 8.37. The molecule has 0 bridgehead atoms. The van der Waals surface area contributed by atoms with Gasteiger partial charge in [-0.3, -0.25) is 0 Å². The zero-order valence-electron chi connectivity index (χ0n) is 15.2. The number of nitrogens with one attached hydrogen (secondary N) is 1. The van der Waals surface area contributed by atoms with Crippen LogP contribution in [-0.4, -0.2) is 35.7 Å². The van der Waals surface area contributed by atoms with Crippen molar-refractivity contribution in [2.45, 2.75) is 65.1 Å². The molecule has 1 amide bonds. The predicted molar refractivity (Wildman–Crippen MR) is 101 cm³/mol. The molecule has 0 radical (unpaired) electrons. The SMILES string of the molecule is Cc1cc(CNCCC2CCCN2C(=O)OC(C)(C)C)ccc1Br. The van der Waals surface area contributed by atoms with E-state index in [0.717, 1.165) is 43.4 Å². The summed E-state index contributed by atoms with van der Waals surface area (Å²) in [7, 11) is 0. The smallest absolute Gasteiger partial charge is 0.410 e. The molecule has 0 spiro atoms. The van der Waals surface area contributed by atoms with Crippen molar-refractivity contribution in [1.82, 2.24) is 10.2 Å². The molecule has 1 aromatic rings. The van der Waals surface area contributed by atoms with Gasteiger partial charge in [0.15, 0.2) is 0 Å². The number of halogens is 1. The van der Waals surface area contributed by atoms with Crippen LogP contribution in [0.5, 0.6) is 0 Å². The van der Waals surface area contributed by atoms with E-state index >= 15 is 0 Å². The lowest BCUT2D eigenvalue weighted by molar-refractivity contribution is 0.0220. The van der Waals surface area contributed by atoms with Crippen molar-refractivity contribution < 1.29 is 9.53 Å². The standard InChI is InChI=1S/C19H29BrN2O2/c1-14-12-15(7-8-17(14)20)13-21-10-9-16-6-5-11-22(16)18(23)24-19(2,3)4/h7-8,12,16,21H,5-6,9-11,13H2,1-4H3. The Bertz CT molecular complexity index is 569. The number of carbonyl (C=O) groups is 1. The van der Waals surface area contributed by atoms with Gasteiger partial charge in [-0.05, 0) is 70.7 Å². The van der Waals surface area contributed by atoms with E-state index < -0.39 is 5.60 Å². The molecule has 1 saturated heterocycles. The molecule has 134 valence electrons. The first-order valence-corrected chi connectivity index (χ1v) is 9.51. The number of benzene rings is 1. The van der Waals surface area contributed by atoms with Crippen LogP contribution in [0.25, 0.3) is 0 Å². The Labute approximate surface area is 154 Å². The fourth-order valence-electron chi connectivity index (χ4n) is 3.01. The lowest BCUT2D eigenvalue weighted by Crippen LogP contribution is -2.40. The summed E-state index contributed by atoms with van der Waals surface area (Å²) < 4.78 is 6.66.